The smallest absolute Gasteiger partial charge is 0.326 e. The van der Waals surface area contributed by atoms with Crippen molar-refractivity contribution in [3.8, 4) is 0 Å². The Kier molecular flexibility index (Phi) is 9.48. The number of hydrogen-bond acceptors (Lipinski definition) is 3. The Bertz CT molecular complexity index is 1390. The molecule has 202 valence electrons. The summed E-state index contributed by atoms with van der Waals surface area (Å²) >= 11 is 6.73. The molecule has 2 amide bonds. The summed E-state index contributed by atoms with van der Waals surface area (Å²) in [6.07, 6.45) is 2.07. The molecule has 4 radical (unpaired) electrons. The zero-order valence-electron chi connectivity index (χ0n) is 24.8. The molecule has 0 aliphatic heterocycles. The zero-order chi connectivity index (χ0) is 29.3. The second-order valence-corrected chi connectivity index (χ2v) is 10.7. The van der Waals surface area contributed by atoms with Gasteiger partial charge in [0.15, 0.2) is 0 Å². The van der Waals surface area contributed by atoms with Crippen LogP contribution in [0.3, 0.4) is 0 Å². The molecule has 0 spiro atoms. The van der Waals surface area contributed by atoms with Crippen molar-refractivity contribution in [3.63, 3.8) is 0 Å². The quantitative estimate of drug-likeness (QED) is 0.299. The van der Waals surface area contributed by atoms with Crippen molar-refractivity contribution in [2.24, 2.45) is 0 Å². The van der Waals surface area contributed by atoms with Crippen molar-refractivity contribution in [1.29, 1.82) is 0 Å². The number of urea groups is 1. The van der Waals surface area contributed by atoms with Crippen LogP contribution in [0.4, 0.5) is 21.9 Å². The van der Waals surface area contributed by atoms with Crippen LogP contribution in [0.2, 0.25) is 5.02 Å². The van der Waals surface area contributed by atoms with Crippen LogP contribution < -0.4 is 26.9 Å². The van der Waals surface area contributed by atoms with Gasteiger partial charge in [-0.2, -0.15) is 0 Å². The number of nitrogens with two attached hydrogens (primary N) is 1. The summed E-state index contributed by atoms with van der Waals surface area (Å²) in [5, 5.41) is 3.74. The number of anilines is 3. The average molecular weight is 541 g/mol. The van der Waals surface area contributed by atoms with Gasteiger partial charge >= 0.3 is 6.03 Å². The Morgan fingerprint density at radius 3 is 1.95 bits per heavy atom. The second-order valence-electron chi connectivity index (χ2n) is 10.3. The molecular weight excluding hydrogens is 501 g/mol. The summed E-state index contributed by atoms with van der Waals surface area (Å²) in [7, 11) is 13.5. The third-order valence-electron chi connectivity index (χ3n) is 8.05. The van der Waals surface area contributed by atoms with Crippen LogP contribution in [0.25, 0.3) is 0 Å². The Hall–Kier alpha value is -2.92. The molecule has 0 bridgehead atoms. The summed E-state index contributed by atoms with van der Waals surface area (Å²) in [4.78, 5) is 20.6. The van der Waals surface area contributed by atoms with E-state index in [-0.39, 0.29) is 12.6 Å². The molecule has 3 rings (SSSR count). The van der Waals surface area contributed by atoms with Gasteiger partial charge in [-0.05, 0) is 94.2 Å². The van der Waals surface area contributed by atoms with Gasteiger partial charge < -0.3 is 11.1 Å². The molecule has 8 heteroatoms. The van der Waals surface area contributed by atoms with Gasteiger partial charge in [0.25, 0.3) is 0 Å². The number of nitrogens with zero attached hydrogens (tertiary/aromatic N) is 2. The van der Waals surface area contributed by atoms with E-state index in [1.54, 1.807) is 4.90 Å². The number of aromatic nitrogens is 1. The molecule has 3 N–H and O–H groups in total. The SMILES string of the molecule is [B]c1c(C)c(CC)c(C)c([B])c1N(Cc1cc(C)c(C)nc1C)C(=O)Nc1c(CC)c(N)c(C)c(Cl)c1CC. The number of nitrogens with one attached hydrogen (secondary N) is 1. The molecular formula is C31H39B2ClN4O. The monoisotopic (exact) mass is 540 g/mol. The lowest BCUT2D eigenvalue weighted by Crippen LogP contribution is -2.43. The fraction of sp³-hybridized carbons (Fsp3) is 0.419. The summed E-state index contributed by atoms with van der Waals surface area (Å²) in [5.74, 6) is 0. The van der Waals surface area contributed by atoms with E-state index in [2.05, 4.69) is 18.3 Å². The molecule has 1 heterocycles. The van der Waals surface area contributed by atoms with Crippen molar-refractivity contribution in [2.75, 3.05) is 16.0 Å². The second kappa shape index (κ2) is 12.1. The fourth-order valence-electron chi connectivity index (χ4n) is 5.41. The number of halogens is 1. The van der Waals surface area contributed by atoms with Gasteiger partial charge in [0.2, 0.25) is 0 Å². The molecule has 39 heavy (non-hydrogen) atoms. The topological polar surface area (TPSA) is 71.2 Å². The Balaban J connectivity index is 2.28. The van der Waals surface area contributed by atoms with Gasteiger partial charge in [-0.1, -0.05) is 60.5 Å². The Labute approximate surface area is 241 Å². The third-order valence-corrected chi connectivity index (χ3v) is 8.56. The van der Waals surface area contributed by atoms with E-state index < -0.39 is 0 Å². The lowest BCUT2D eigenvalue weighted by atomic mass is 9.75. The number of aryl methyl sites for hydroxylation is 3. The lowest BCUT2D eigenvalue weighted by Gasteiger charge is -2.32. The minimum absolute atomic E-state index is 0.239. The number of nitrogen functional groups attached to an aromatic ring is 1. The van der Waals surface area contributed by atoms with Crippen LogP contribution in [0.15, 0.2) is 6.07 Å². The van der Waals surface area contributed by atoms with Crippen molar-refractivity contribution in [1.82, 2.24) is 4.98 Å². The first-order valence-corrected chi connectivity index (χ1v) is 14.0. The summed E-state index contributed by atoms with van der Waals surface area (Å²) in [6, 6.07) is 1.71. The molecule has 1 aromatic heterocycles. The number of rotatable bonds is 7. The normalized spacial score (nSPS) is 11.1. The molecule has 0 aliphatic rings. The third kappa shape index (κ3) is 5.56. The maximum atomic E-state index is 14.3. The fourth-order valence-corrected chi connectivity index (χ4v) is 5.74. The van der Waals surface area contributed by atoms with Crippen LogP contribution in [0.1, 0.15) is 76.7 Å². The molecule has 0 saturated carbocycles. The van der Waals surface area contributed by atoms with Crippen molar-refractivity contribution in [3.05, 3.63) is 67.0 Å². The predicted octanol–water partition coefficient (Wildman–Crippen LogP) is 5.68. The van der Waals surface area contributed by atoms with Crippen LogP contribution in [-0.4, -0.2) is 26.7 Å². The Morgan fingerprint density at radius 2 is 1.44 bits per heavy atom. The van der Waals surface area contributed by atoms with E-state index in [0.717, 1.165) is 62.3 Å². The van der Waals surface area contributed by atoms with Crippen LogP contribution in [0, 0.1) is 41.5 Å². The van der Waals surface area contributed by atoms with Crippen molar-refractivity contribution >= 4 is 61.3 Å². The minimum atomic E-state index is -0.363. The van der Waals surface area contributed by atoms with Crippen molar-refractivity contribution < 1.29 is 4.79 Å². The van der Waals surface area contributed by atoms with E-state index in [1.807, 2.05) is 55.4 Å². The first-order valence-electron chi connectivity index (χ1n) is 13.6. The number of carbonyl (C=O) groups excluding carboxylic acids is 1. The molecule has 3 aromatic rings. The van der Waals surface area contributed by atoms with E-state index in [1.165, 1.54) is 0 Å². The van der Waals surface area contributed by atoms with Gasteiger partial charge in [0.1, 0.15) is 15.7 Å². The first kappa shape index (κ1) is 30.6. The average Bonchev–Trinajstić information content (AvgIpc) is 2.89. The number of carbonyl (C=O) groups is 1. The van der Waals surface area contributed by atoms with Crippen LogP contribution in [-0.2, 0) is 25.8 Å². The van der Waals surface area contributed by atoms with E-state index in [9.17, 15) is 4.79 Å². The largest absolute Gasteiger partial charge is 0.398 e. The van der Waals surface area contributed by atoms with E-state index >= 15 is 0 Å². The van der Waals surface area contributed by atoms with Crippen molar-refractivity contribution in [2.45, 2.75) is 88.1 Å². The predicted molar refractivity (Wildman–Crippen MR) is 169 cm³/mol. The highest BCUT2D eigenvalue weighted by Crippen LogP contribution is 2.38. The minimum Gasteiger partial charge on any atom is -0.398 e. The molecule has 5 nitrogen and oxygen atoms in total. The summed E-state index contributed by atoms with van der Waals surface area (Å²) in [6.45, 7) is 18.2. The van der Waals surface area contributed by atoms with Gasteiger partial charge in [-0.15, -0.1) is 0 Å². The molecule has 0 aliphatic carbocycles. The molecule has 2 aromatic carbocycles. The summed E-state index contributed by atoms with van der Waals surface area (Å²) < 4.78 is 0. The molecule has 0 fully saturated rings. The lowest BCUT2D eigenvalue weighted by molar-refractivity contribution is 0.256. The van der Waals surface area contributed by atoms with Gasteiger partial charge in [0.05, 0.1) is 17.3 Å². The summed E-state index contributed by atoms with van der Waals surface area (Å²) in [5.41, 5.74) is 18.5. The number of hydrogen-bond donors (Lipinski definition) is 2. The molecule has 0 atom stereocenters. The number of pyridine rings is 1. The van der Waals surface area contributed by atoms with Crippen LogP contribution in [0.5, 0.6) is 0 Å². The Morgan fingerprint density at radius 1 is 0.897 bits per heavy atom. The number of benzene rings is 2. The van der Waals surface area contributed by atoms with E-state index in [0.29, 0.717) is 45.9 Å². The van der Waals surface area contributed by atoms with Crippen LogP contribution >= 0.6 is 11.6 Å². The van der Waals surface area contributed by atoms with Gasteiger partial charge in [-0.3, -0.25) is 9.88 Å². The molecule has 0 saturated heterocycles. The number of amides is 2. The maximum absolute atomic E-state index is 14.3. The van der Waals surface area contributed by atoms with E-state index in [4.69, 9.17) is 38.0 Å². The standard InChI is InChI=1S/C31H39B2ClN4O/c1-10-22-16(5)25(32)30(26(33)17(22)6)38(14-21-13-15(4)19(8)36-20(21)9)31(39)37-29-23(11-2)27(34)18(7)28(35)24(29)12-3/h13H,10-12,14,35H2,1-9H3,(H,37,39). The first-order chi connectivity index (χ1) is 18.3. The van der Waals surface area contributed by atoms with Gasteiger partial charge in [-0.25, -0.2) is 4.79 Å². The highest BCUT2D eigenvalue weighted by Gasteiger charge is 2.27. The highest BCUT2D eigenvalue weighted by molar-refractivity contribution is 6.46. The zero-order valence-corrected chi connectivity index (χ0v) is 25.6. The molecule has 0 unspecified atom stereocenters. The van der Waals surface area contributed by atoms with Gasteiger partial charge in [0, 0.05) is 22.8 Å². The maximum Gasteiger partial charge on any atom is 0.326 e. The highest BCUT2D eigenvalue weighted by atomic mass is 35.5.